The van der Waals surface area contributed by atoms with Crippen LogP contribution in [0.1, 0.15) is 22.5 Å². The van der Waals surface area contributed by atoms with Crippen molar-refractivity contribution < 1.29 is 19.1 Å². The van der Waals surface area contributed by atoms with Crippen molar-refractivity contribution in [3.8, 4) is 11.3 Å². The van der Waals surface area contributed by atoms with Gasteiger partial charge in [-0.2, -0.15) is 0 Å². The number of furan rings is 1. The molecular weight excluding hydrogens is 398 g/mol. The second kappa shape index (κ2) is 8.08. The van der Waals surface area contributed by atoms with Crippen molar-refractivity contribution in [3.63, 3.8) is 0 Å². The fourth-order valence-electron chi connectivity index (χ4n) is 3.05. The van der Waals surface area contributed by atoms with Gasteiger partial charge in [0.2, 0.25) is 0 Å². The Morgan fingerprint density at radius 2 is 1.77 bits per heavy atom. The number of imide groups is 1. The Bertz CT molecular complexity index is 1160. The highest BCUT2D eigenvalue weighted by Gasteiger charge is 2.35. The van der Waals surface area contributed by atoms with Gasteiger partial charge >= 0.3 is 0 Å². The van der Waals surface area contributed by atoms with E-state index in [2.05, 4.69) is 6.58 Å². The minimum absolute atomic E-state index is 0.00282. The van der Waals surface area contributed by atoms with Gasteiger partial charge in [-0.05, 0) is 36.4 Å². The molecule has 5 nitrogen and oxygen atoms in total. The molecule has 1 aliphatic heterocycles. The number of hydrogen-bond donors (Lipinski definition) is 1. The molecular formula is C24H19NO4S. The Hall–Kier alpha value is -3.51. The molecule has 0 unspecified atom stereocenters. The summed E-state index contributed by atoms with van der Waals surface area (Å²) < 4.78 is 5.83. The molecule has 1 N–H and O–H groups in total. The monoisotopic (exact) mass is 417 g/mol. The zero-order valence-corrected chi connectivity index (χ0v) is 17.1. The lowest BCUT2D eigenvalue weighted by atomic mass is 10.1. The van der Waals surface area contributed by atoms with E-state index < -0.39 is 0 Å². The molecule has 1 fully saturated rings. The minimum Gasteiger partial charge on any atom is -0.508 e. The molecule has 2 heterocycles. The number of carbonyl (C=O) groups excluding carboxylic acids is 2. The topological polar surface area (TPSA) is 70.8 Å². The van der Waals surface area contributed by atoms with Gasteiger partial charge in [0.1, 0.15) is 17.3 Å². The van der Waals surface area contributed by atoms with Gasteiger partial charge in [0.15, 0.2) is 0 Å². The zero-order chi connectivity index (χ0) is 21.3. The highest BCUT2D eigenvalue weighted by atomic mass is 32.2. The molecule has 6 heteroatoms. The van der Waals surface area contributed by atoms with Gasteiger partial charge in [-0.1, -0.05) is 60.7 Å². The second-order valence-electron chi connectivity index (χ2n) is 6.98. The summed E-state index contributed by atoms with van der Waals surface area (Å²) in [5, 5.41) is 9.14. The van der Waals surface area contributed by atoms with Crippen molar-refractivity contribution in [1.82, 2.24) is 4.90 Å². The van der Waals surface area contributed by atoms with E-state index in [0.717, 1.165) is 28.5 Å². The number of aryl methyl sites for hydroxylation is 1. The number of aliphatic hydroxyl groups is 1. The Balaban J connectivity index is 1.51. The maximum atomic E-state index is 12.7. The lowest BCUT2D eigenvalue weighted by Gasteiger charge is -2.12. The first-order valence-electron chi connectivity index (χ1n) is 9.30. The quantitative estimate of drug-likeness (QED) is 0.406. The van der Waals surface area contributed by atoms with Crippen LogP contribution in [0, 0.1) is 6.92 Å². The van der Waals surface area contributed by atoms with Gasteiger partial charge in [0.05, 0.1) is 11.4 Å². The summed E-state index contributed by atoms with van der Waals surface area (Å²) in [6.07, 6.45) is 1.59. The molecule has 0 radical (unpaired) electrons. The van der Waals surface area contributed by atoms with Crippen LogP contribution in [0.2, 0.25) is 0 Å². The fraction of sp³-hybridized carbons (Fsp3) is 0.0833. The van der Waals surface area contributed by atoms with Crippen LogP contribution in [0.4, 0.5) is 4.79 Å². The molecule has 0 spiro atoms. The molecule has 4 rings (SSSR count). The van der Waals surface area contributed by atoms with Gasteiger partial charge in [0.25, 0.3) is 11.1 Å². The first-order valence-corrected chi connectivity index (χ1v) is 10.1. The van der Waals surface area contributed by atoms with Gasteiger partial charge in [-0.3, -0.25) is 14.5 Å². The first kappa shape index (κ1) is 19.8. The van der Waals surface area contributed by atoms with Crippen molar-refractivity contribution in [1.29, 1.82) is 0 Å². The van der Waals surface area contributed by atoms with Crippen LogP contribution in [-0.2, 0) is 11.3 Å². The van der Waals surface area contributed by atoms with Crippen molar-refractivity contribution in [2.75, 3.05) is 0 Å². The van der Waals surface area contributed by atoms with Crippen molar-refractivity contribution >= 4 is 34.7 Å². The molecule has 150 valence electrons. The summed E-state index contributed by atoms with van der Waals surface area (Å²) in [5.41, 5.74) is 3.48. The number of thioether (sulfide) groups is 1. The average Bonchev–Trinajstić information content (AvgIpc) is 3.30. The van der Waals surface area contributed by atoms with Gasteiger partial charge in [0, 0.05) is 17.2 Å². The number of aliphatic hydroxyl groups excluding tert-OH is 1. The number of carbonyl (C=O) groups is 2. The highest BCUT2D eigenvalue weighted by molar-refractivity contribution is 8.18. The van der Waals surface area contributed by atoms with E-state index in [4.69, 9.17) is 4.42 Å². The van der Waals surface area contributed by atoms with E-state index in [0.29, 0.717) is 22.0 Å². The van der Waals surface area contributed by atoms with Crippen LogP contribution >= 0.6 is 11.8 Å². The molecule has 0 aliphatic carbocycles. The summed E-state index contributed by atoms with van der Waals surface area (Å²) in [5.74, 6) is 0.786. The van der Waals surface area contributed by atoms with E-state index >= 15 is 0 Å². The largest absolute Gasteiger partial charge is 0.508 e. The van der Waals surface area contributed by atoms with Crippen molar-refractivity contribution in [2.45, 2.75) is 13.5 Å². The lowest BCUT2D eigenvalue weighted by Crippen LogP contribution is -2.27. The Morgan fingerprint density at radius 3 is 2.43 bits per heavy atom. The fourth-order valence-corrected chi connectivity index (χ4v) is 3.87. The molecule has 0 bridgehead atoms. The molecule has 1 aliphatic rings. The van der Waals surface area contributed by atoms with Crippen LogP contribution in [0.3, 0.4) is 0 Å². The maximum Gasteiger partial charge on any atom is 0.293 e. The smallest absolute Gasteiger partial charge is 0.293 e. The first-order chi connectivity index (χ1) is 14.4. The molecule has 1 saturated heterocycles. The zero-order valence-electron chi connectivity index (χ0n) is 16.3. The van der Waals surface area contributed by atoms with Crippen LogP contribution in [0.15, 0.2) is 76.6 Å². The Labute approximate surface area is 178 Å². The Morgan fingerprint density at radius 1 is 1.07 bits per heavy atom. The normalized spacial score (nSPS) is 15.2. The summed E-state index contributed by atoms with van der Waals surface area (Å²) >= 11 is 0.910. The van der Waals surface area contributed by atoms with Gasteiger partial charge in [-0.15, -0.1) is 0 Å². The van der Waals surface area contributed by atoms with E-state index in [9.17, 15) is 14.7 Å². The number of benzene rings is 2. The highest BCUT2D eigenvalue weighted by Crippen LogP contribution is 2.34. The van der Waals surface area contributed by atoms with Crippen molar-refractivity contribution in [3.05, 3.63) is 94.6 Å². The number of hydrogen-bond acceptors (Lipinski definition) is 5. The molecule has 30 heavy (non-hydrogen) atoms. The molecule has 2 amide bonds. The maximum absolute atomic E-state index is 12.7. The van der Waals surface area contributed by atoms with Crippen LogP contribution in [0.5, 0.6) is 0 Å². The molecule has 1 aromatic heterocycles. The van der Waals surface area contributed by atoms with Gasteiger partial charge in [-0.25, -0.2) is 0 Å². The van der Waals surface area contributed by atoms with E-state index in [-0.39, 0.29) is 23.5 Å². The number of nitrogens with zero attached hydrogens (tertiary/aromatic N) is 1. The third kappa shape index (κ3) is 4.09. The standard InChI is InChI=1S/C24H19NO4S/c1-15-3-5-17(6-4-15)14-25-23(27)22(30-24(25)28)13-20-11-12-21(29-20)19-9-7-18(8-10-19)16(2)26/h3-13,26H,2,14H2,1H3/b22-13-. The predicted octanol–water partition coefficient (Wildman–Crippen LogP) is 6.02. The third-order valence-corrected chi connectivity index (χ3v) is 5.65. The van der Waals surface area contributed by atoms with Crippen LogP contribution in [-0.4, -0.2) is 21.2 Å². The Kier molecular flexibility index (Phi) is 5.33. The van der Waals surface area contributed by atoms with Crippen LogP contribution in [0.25, 0.3) is 23.2 Å². The molecule has 3 aromatic rings. The van der Waals surface area contributed by atoms with E-state index in [1.807, 2.05) is 43.3 Å². The SMILES string of the molecule is C=C(O)c1ccc(-c2ccc(/C=C3\SC(=O)N(Cc4ccc(C)cc4)C3=O)o2)cc1. The number of rotatable bonds is 5. The summed E-state index contributed by atoms with van der Waals surface area (Å²) in [4.78, 5) is 26.6. The summed E-state index contributed by atoms with van der Waals surface area (Å²) in [6.45, 7) is 5.73. The third-order valence-electron chi connectivity index (χ3n) is 4.74. The second-order valence-corrected chi connectivity index (χ2v) is 7.97. The summed E-state index contributed by atoms with van der Waals surface area (Å²) in [7, 11) is 0. The lowest BCUT2D eigenvalue weighted by molar-refractivity contribution is -0.123. The molecule has 0 atom stereocenters. The number of amides is 2. The minimum atomic E-state index is -0.325. The van der Waals surface area contributed by atoms with Crippen LogP contribution < -0.4 is 0 Å². The van der Waals surface area contributed by atoms with Gasteiger partial charge < -0.3 is 9.52 Å². The van der Waals surface area contributed by atoms with E-state index in [1.54, 1.807) is 30.3 Å². The van der Waals surface area contributed by atoms with Crippen molar-refractivity contribution in [2.24, 2.45) is 0 Å². The molecule has 2 aromatic carbocycles. The average molecular weight is 417 g/mol. The predicted molar refractivity (Wildman–Crippen MR) is 118 cm³/mol. The summed E-state index contributed by atoms with van der Waals surface area (Å²) in [6, 6.07) is 18.4. The molecule has 0 saturated carbocycles. The van der Waals surface area contributed by atoms with E-state index in [1.165, 1.54) is 4.90 Å².